The highest BCUT2D eigenvalue weighted by Crippen LogP contribution is 2.17. The number of methoxy groups -OCH3 is 1. The fraction of sp³-hybridized carbons (Fsp3) is 0.381. The predicted octanol–water partition coefficient (Wildman–Crippen LogP) is 2.89. The normalized spacial score (nSPS) is 11.4. The molecule has 0 aliphatic rings. The molecule has 2 aromatic heterocycles. The molecule has 0 saturated heterocycles. The zero-order chi connectivity index (χ0) is 20.3. The lowest BCUT2D eigenvalue weighted by molar-refractivity contribution is 0.409. The number of thiophene rings is 1. The third kappa shape index (κ3) is 6.32. The van der Waals surface area contributed by atoms with Gasteiger partial charge in [-0.2, -0.15) is 0 Å². The molecule has 154 valence electrons. The van der Waals surface area contributed by atoms with Gasteiger partial charge in [0.15, 0.2) is 5.96 Å². The van der Waals surface area contributed by atoms with Crippen molar-refractivity contribution in [3.8, 4) is 5.75 Å². The van der Waals surface area contributed by atoms with E-state index in [9.17, 15) is 0 Å². The van der Waals surface area contributed by atoms with Gasteiger partial charge in [0.05, 0.1) is 13.7 Å². The van der Waals surface area contributed by atoms with Crippen molar-refractivity contribution >= 4 is 17.3 Å². The van der Waals surface area contributed by atoms with E-state index in [2.05, 4.69) is 55.9 Å². The third-order valence-corrected chi connectivity index (χ3v) is 5.37. The van der Waals surface area contributed by atoms with Crippen LogP contribution in [0.4, 0.5) is 0 Å². The molecule has 0 spiro atoms. The van der Waals surface area contributed by atoms with Crippen molar-refractivity contribution in [3.05, 3.63) is 64.4 Å². The molecule has 0 amide bonds. The first-order chi connectivity index (χ1) is 14.3. The minimum atomic E-state index is 0.661. The van der Waals surface area contributed by atoms with Gasteiger partial charge in [-0.15, -0.1) is 21.5 Å². The van der Waals surface area contributed by atoms with Crippen molar-refractivity contribution in [1.29, 1.82) is 0 Å². The zero-order valence-corrected chi connectivity index (χ0v) is 17.8. The average Bonchev–Trinajstić information content (AvgIpc) is 3.43. The van der Waals surface area contributed by atoms with Gasteiger partial charge in [-0.05, 0) is 29.5 Å². The first-order valence-corrected chi connectivity index (χ1v) is 10.7. The van der Waals surface area contributed by atoms with Crippen LogP contribution in [0.3, 0.4) is 0 Å². The zero-order valence-electron chi connectivity index (χ0n) is 17.0. The molecular weight excluding hydrogens is 384 g/mol. The fourth-order valence-corrected chi connectivity index (χ4v) is 3.62. The Hall–Kier alpha value is -2.87. The molecule has 29 heavy (non-hydrogen) atoms. The van der Waals surface area contributed by atoms with E-state index >= 15 is 0 Å². The van der Waals surface area contributed by atoms with Crippen LogP contribution >= 0.6 is 11.3 Å². The van der Waals surface area contributed by atoms with Crippen molar-refractivity contribution in [2.24, 2.45) is 4.99 Å². The van der Waals surface area contributed by atoms with Gasteiger partial charge in [-0.1, -0.05) is 31.2 Å². The van der Waals surface area contributed by atoms with E-state index in [-0.39, 0.29) is 0 Å². The molecule has 7 nitrogen and oxygen atoms in total. The second-order valence-corrected chi connectivity index (χ2v) is 7.49. The molecule has 1 aromatic carbocycles. The number of nitrogens with one attached hydrogen (secondary N) is 2. The molecule has 0 aliphatic heterocycles. The van der Waals surface area contributed by atoms with Crippen molar-refractivity contribution < 1.29 is 4.74 Å². The summed E-state index contributed by atoms with van der Waals surface area (Å²) in [6.07, 6.45) is 3.50. The standard InChI is InChI=1S/C21H28N6OS/c1-3-20-26-25-16-27(20)13-12-23-21(24-15-18-8-6-14-29-18)22-11-10-17-7-4-5-9-19(17)28-2/h4-9,14,16H,3,10-13,15H2,1-2H3,(H2,22,23,24). The molecule has 0 unspecified atom stereocenters. The minimum Gasteiger partial charge on any atom is -0.496 e. The van der Waals surface area contributed by atoms with Crippen LogP contribution < -0.4 is 15.4 Å². The molecule has 8 heteroatoms. The monoisotopic (exact) mass is 412 g/mol. The van der Waals surface area contributed by atoms with Gasteiger partial charge in [0.1, 0.15) is 17.9 Å². The molecule has 3 aromatic rings. The number of para-hydroxylation sites is 1. The Labute approximate surface area is 175 Å². The summed E-state index contributed by atoms with van der Waals surface area (Å²) in [7, 11) is 1.71. The third-order valence-electron chi connectivity index (χ3n) is 4.51. The minimum absolute atomic E-state index is 0.661. The quantitative estimate of drug-likeness (QED) is 0.396. The maximum absolute atomic E-state index is 5.44. The van der Waals surface area contributed by atoms with Gasteiger partial charge < -0.3 is 19.9 Å². The van der Waals surface area contributed by atoms with Gasteiger partial charge >= 0.3 is 0 Å². The van der Waals surface area contributed by atoms with Crippen LogP contribution in [-0.2, 0) is 25.9 Å². The lowest BCUT2D eigenvalue weighted by Crippen LogP contribution is -2.40. The number of aromatic nitrogens is 3. The highest BCUT2D eigenvalue weighted by molar-refractivity contribution is 7.09. The number of nitrogens with zero attached hydrogens (tertiary/aromatic N) is 4. The summed E-state index contributed by atoms with van der Waals surface area (Å²) in [4.78, 5) is 5.97. The molecule has 0 atom stereocenters. The highest BCUT2D eigenvalue weighted by Gasteiger charge is 2.05. The summed E-state index contributed by atoms with van der Waals surface area (Å²) in [5.74, 6) is 2.71. The van der Waals surface area contributed by atoms with E-state index < -0.39 is 0 Å². The molecule has 0 radical (unpaired) electrons. The average molecular weight is 413 g/mol. The molecule has 0 bridgehead atoms. The fourth-order valence-electron chi connectivity index (χ4n) is 2.99. The lowest BCUT2D eigenvalue weighted by Gasteiger charge is -2.14. The second-order valence-electron chi connectivity index (χ2n) is 6.45. The van der Waals surface area contributed by atoms with Crippen LogP contribution in [0.5, 0.6) is 5.75 Å². The van der Waals surface area contributed by atoms with Crippen LogP contribution in [0.15, 0.2) is 53.1 Å². The maximum atomic E-state index is 5.44. The number of guanidine groups is 1. The summed E-state index contributed by atoms with van der Waals surface area (Å²) in [5, 5.41) is 17.1. The highest BCUT2D eigenvalue weighted by atomic mass is 32.1. The molecular formula is C21H28N6OS. The Bertz CT molecular complexity index is 890. The van der Waals surface area contributed by atoms with E-state index in [1.165, 1.54) is 10.4 Å². The SMILES string of the molecule is CCc1nncn1CCNC(=NCc1cccs1)NCCc1ccccc1OC. The van der Waals surface area contributed by atoms with Crippen molar-refractivity contribution in [2.75, 3.05) is 20.2 Å². The van der Waals surface area contributed by atoms with E-state index in [1.54, 1.807) is 24.8 Å². The van der Waals surface area contributed by atoms with E-state index in [0.29, 0.717) is 6.54 Å². The van der Waals surface area contributed by atoms with Crippen LogP contribution in [0, 0.1) is 0 Å². The number of hydrogen-bond acceptors (Lipinski definition) is 5. The van der Waals surface area contributed by atoms with Crippen LogP contribution in [-0.4, -0.2) is 40.9 Å². The van der Waals surface area contributed by atoms with Gasteiger partial charge in [0, 0.05) is 30.9 Å². The number of ether oxygens (including phenoxy) is 1. The Kier molecular flexibility index (Phi) is 8.06. The number of aryl methyl sites for hydroxylation is 1. The predicted molar refractivity (Wildman–Crippen MR) is 118 cm³/mol. The van der Waals surface area contributed by atoms with Gasteiger partial charge in [0.25, 0.3) is 0 Å². The molecule has 0 fully saturated rings. The number of benzene rings is 1. The summed E-state index contributed by atoms with van der Waals surface area (Å²) in [5.41, 5.74) is 1.18. The first kappa shape index (κ1) is 20.9. The number of aliphatic imine (C=N–C) groups is 1. The van der Waals surface area contributed by atoms with E-state index in [4.69, 9.17) is 9.73 Å². The van der Waals surface area contributed by atoms with Crippen molar-refractivity contribution in [2.45, 2.75) is 32.9 Å². The molecule has 0 aliphatic carbocycles. The summed E-state index contributed by atoms with van der Waals surface area (Å²) in [6.45, 7) is 5.05. The molecule has 2 N–H and O–H groups in total. The second kappa shape index (κ2) is 11.2. The van der Waals surface area contributed by atoms with Crippen LogP contribution in [0.1, 0.15) is 23.2 Å². The van der Waals surface area contributed by atoms with Gasteiger partial charge in [-0.3, -0.25) is 0 Å². The smallest absolute Gasteiger partial charge is 0.191 e. The summed E-state index contributed by atoms with van der Waals surface area (Å²) in [6, 6.07) is 12.3. The van der Waals surface area contributed by atoms with Gasteiger partial charge in [0.2, 0.25) is 0 Å². The number of rotatable bonds is 10. The lowest BCUT2D eigenvalue weighted by atomic mass is 10.1. The molecule has 3 rings (SSSR count). The first-order valence-electron chi connectivity index (χ1n) is 9.83. The maximum Gasteiger partial charge on any atom is 0.191 e. The summed E-state index contributed by atoms with van der Waals surface area (Å²) >= 11 is 1.72. The Morgan fingerprint density at radius 3 is 2.83 bits per heavy atom. The van der Waals surface area contributed by atoms with E-state index in [1.807, 2.05) is 18.2 Å². The topological polar surface area (TPSA) is 76.4 Å². The summed E-state index contributed by atoms with van der Waals surface area (Å²) < 4.78 is 7.51. The van der Waals surface area contributed by atoms with Gasteiger partial charge in [-0.25, -0.2) is 4.99 Å². The van der Waals surface area contributed by atoms with Crippen molar-refractivity contribution in [1.82, 2.24) is 25.4 Å². The van der Waals surface area contributed by atoms with Crippen LogP contribution in [0.25, 0.3) is 0 Å². The largest absolute Gasteiger partial charge is 0.496 e. The Morgan fingerprint density at radius 1 is 1.17 bits per heavy atom. The Balaban J connectivity index is 1.56. The van der Waals surface area contributed by atoms with Crippen molar-refractivity contribution in [3.63, 3.8) is 0 Å². The molecule has 2 heterocycles. The molecule has 0 saturated carbocycles. The van der Waals surface area contributed by atoms with E-state index in [0.717, 1.165) is 50.0 Å². The number of hydrogen-bond donors (Lipinski definition) is 2. The Morgan fingerprint density at radius 2 is 2.03 bits per heavy atom. The van der Waals surface area contributed by atoms with Crippen LogP contribution in [0.2, 0.25) is 0 Å².